The highest BCUT2D eigenvalue weighted by Crippen LogP contribution is 2.11. The van der Waals surface area contributed by atoms with Gasteiger partial charge in [0, 0.05) is 23.3 Å². The molecule has 0 aliphatic carbocycles. The van der Waals surface area contributed by atoms with Crippen molar-refractivity contribution in [1.82, 2.24) is 15.1 Å². The van der Waals surface area contributed by atoms with Gasteiger partial charge in [-0.25, -0.2) is 0 Å². The van der Waals surface area contributed by atoms with E-state index in [1.807, 2.05) is 10.9 Å². The average molecular weight is 235 g/mol. The number of nitrogens with zero attached hydrogens (tertiary/aromatic N) is 2. The van der Waals surface area contributed by atoms with Gasteiger partial charge >= 0.3 is 0 Å². The summed E-state index contributed by atoms with van der Waals surface area (Å²) in [5, 5.41) is 7.90. The third kappa shape index (κ3) is 4.35. The Bertz CT molecular complexity index is 383. The number of allylic oxidation sites excluding steroid dienone is 1. The summed E-state index contributed by atoms with van der Waals surface area (Å²) in [5.74, 6) is 0. The maximum absolute atomic E-state index is 4.42. The monoisotopic (exact) mass is 235 g/mol. The van der Waals surface area contributed by atoms with Gasteiger partial charge in [0.2, 0.25) is 0 Å². The Kier molecular flexibility index (Phi) is 4.52. The second-order valence-corrected chi connectivity index (χ2v) is 5.62. The van der Waals surface area contributed by atoms with Crippen LogP contribution in [0.2, 0.25) is 0 Å². The number of hydrogen-bond donors (Lipinski definition) is 1. The van der Waals surface area contributed by atoms with Crippen LogP contribution in [0.15, 0.2) is 18.3 Å². The second kappa shape index (κ2) is 5.50. The van der Waals surface area contributed by atoms with E-state index in [1.165, 1.54) is 16.8 Å². The zero-order chi connectivity index (χ0) is 13.1. The summed E-state index contributed by atoms with van der Waals surface area (Å²) in [6.45, 7) is 16.5. The van der Waals surface area contributed by atoms with Gasteiger partial charge in [0.25, 0.3) is 0 Å². The molecule has 0 amide bonds. The topological polar surface area (TPSA) is 29.9 Å². The molecule has 0 spiro atoms. The molecule has 3 nitrogen and oxygen atoms in total. The van der Waals surface area contributed by atoms with Gasteiger partial charge in [-0.3, -0.25) is 4.68 Å². The van der Waals surface area contributed by atoms with E-state index < -0.39 is 0 Å². The van der Waals surface area contributed by atoms with Crippen molar-refractivity contribution in [3.05, 3.63) is 29.6 Å². The fraction of sp³-hybridized carbons (Fsp3) is 0.643. The van der Waals surface area contributed by atoms with Crippen molar-refractivity contribution in [1.29, 1.82) is 0 Å². The Labute approximate surface area is 105 Å². The van der Waals surface area contributed by atoms with E-state index in [0.717, 1.165) is 19.5 Å². The van der Waals surface area contributed by atoms with Crippen molar-refractivity contribution in [2.75, 3.05) is 0 Å². The summed E-state index contributed by atoms with van der Waals surface area (Å²) in [5.41, 5.74) is 3.85. The molecule has 0 aliphatic heterocycles. The van der Waals surface area contributed by atoms with Crippen LogP contribution in [0.1, 0.15) is 45.4 Å². The van der Waals surface area contributed by atoms with Gasteiger partial charge in [-0.15, -0.1) is 0 Å². The van der Waals surface area contributed by atoms with Crippen LogP contribution < -0.4 is 5.32 Å². The molecule has 0 bridgehead atoms. The molecule has 1 aromatic rings. The lowest BCUT2D eigenvalue weighted by molar-refractivity contribution is 0.423. The van der Waals surface area contributed by atoms with Gasteiger partial charge in [0.15, 0.2) is 0 Å². The van der Waals surface area contributed by atoms with Crippen LogP contribution in [-0.2, 0) is 13.1 Å². The zero-order valence-corrected chi connectivity index (χ0v) is 11.8. The first-order chi connectivity index (χ1) is 7.83. The summed E-state index contributed by atoms with van der Waals surface area (Å²) < 4.78 is 2.03. The first kappa shape index (κ1) is 14.0. The van der Waals surface area contributed by atoms with Crippen molar-refractivity contribution in [2.24, 2.45) is 0 Å². The molecule has 1 heterocycles. The van der Waals surface area contributed by atoms with Crippen LogP contribution in [0.4, 0.5) is 0 Å². The van der Waals surface area contributed by atoms with Crippen molar-refractivity contribution in [2.45, 2.75) is 59.7 Å². The Balaban J connectivity index is 2.67. The lowest BCUT2D eigenvalue weighted by atomic mass is 10.1. The molecule has 0 unspecified atom stereocenters. The van der Waals surface area contributed by atoms with Gasteiger partial charge in [-0.1, -0.05) is 19.1 Å². The van der Waals surface area contributed by atoms with Crippen molar-refractivity contribution >= 4 is 0 Å². The van der Waals surface area contributed by atoms with E-state index in [0.29, 0.717) is 0 Å². The number of aromatic nitrogens is 2. The van der Waals surface area contributed by atoms with Gasteiger partial charge in [0.1, 0.15) is 0 Å². The minimum absolute atomic E-state index is 0.140. The van der Waals surface area contributed by atoms with E-state index >= 15 is 0 Å². The number of rotatable bonds is 5. The molecular formula is C14H25N3. The molecule has 0 aromatic carbocycles. The minimum Gasteiger partial charge on any atom is -0.308 e. The van der Waals surface area contributed by atoms with Gasteiger partial charge < -0.3 is 5.32 Å². The summed E-state index contributed by atoms with van der Waals surface area (Å²) in [6.07, 6.45) is 2.96. The van der Waals surface area contributed by atoms with Gasteiger partial charge in [0.05, 0.1) is 12.7 Å². The SMILES string of the molecule is C=C(CC)Cn1ncc(CNC(C)(C)C)c1C. The molecule has 0 saturated carbocycles. The maximum Gasteiger partial charge on any atom is 0.0619 e. The number of nitrogens with one attached hydrogen (secondary N) is 1. The highest BCUT2D eigenvalue weighted by atomic mass is 15.3. The summed E-state index contributed by atoms with van der Waals surface area (Å²) in [6, 6.07) is 0. The largest absolute Gasteiger partial charge is 0.308 e. The summed E-state index contributed by atoms with van der Waals surface area (Å²) in [7, 11) is 0. The van der Waals surface area contributed by atoms with E-state index in [9.17, 15) is 0 Å². The average Bonchev–Trinajstić information content (AvgIpc) is 2.56. The fourth-order valence-corrected chi connectivity index (χ4v) is 1.50. The Morgan fingerprint density at radius 3 is 2.65 bits per heavy atom. The molecule has 0 radical (unpaired) electrons. The third-order valence-electron chi connectivity index (χ3n) is 2.89. The maximum atomic E-state index is 4.42. The predicted molar refractivity (Wildman–Crippen MR) is 73.0 cm³/mol. The highest BCUT2D eigenvalue weighted by Gasteiger charge is 2.12. The minimum atomic E-state index is 0.140. The van der Waals surface area contributed by atoms with Crippen LogP contribution in [0.3, 0.4) is 0 Å². The molecule has 17 heavy (non-hydrogen) atoms. The molecule has 0 atom stereocenters. The van der Waals surface area contributed by atoms with E-state index in [1.54, 1.807) is 0 Å². The lowest BCUT2D eigenvalue weighted by Crippen LogP contribution is -2.35. The molecule has 0 saturated heterocycles. The summed E-state index contributed by atoms with van der Waals surface area (Å²) >= 11 is 0. The van der Waals surface area contributed by atoms with Crippen LogP contribution in [0.5, 0.6) is 0 Å². The highest BCUT2D eigenvalue weighted by molar-refractivity contribution is 5.17. The molecule has 96 valence electrons. The molecule has 0 aliphatic rings. The van der Waals surface area contributed by atoms with Crippen molar-refractivity contribution < 1.29 is 0 Å². The fourth-order valence-electron chi connectivity index (χ4n) is 1.50. The standard InChI is InChI=1S/C14H25N3/c1-7-11(2)10-17-12(3)13(9-16-17)8-15-14(4,5)6/h9,15H,2,7-8,10H2,1,3-6H3. The molecule has 1 N–H and O–H groups in total. The predicted octanol–water partition coefficient (Wildman–Crippen LogP) is 3.05. The first-order valence-electron chi connectivity index (χ1n) is 6.26. The van der Waals surface area contributed by atoms with E-state index in [-0.39, 0.29) is 5.54 Å². The molecule has 1 rings (SSSR count). The van der Waals surface area contributed by atoms with Crippen LogP contribution in [0, 0.1) is 6.92 Å². The normalized spacial score (nSPS) is 11.8. The van der Waals surface area contributed by atoms with Crippen molar-refractivity contribution in [3.8, 4) is 0 Å². The molecular weight excluding hydrogens is 210 g/mol. The van der Waals surface area contributed by atoms with Crippen LogP contribution >= 0.6 is 0 Å². The van der Waals surface area contributed by atoms with Gasteiger partial charge in [-0.05, 0) is 34.1 Å². The molecule has 0 fully saturated rings. The Hall–Kier alpha value is -1.09. The third-order valence-corrected chi connectivity index (χ3v) is 2.89. The van der Waals surface area contributed by atoms with Crippen LogP contribution in [-0.4, -0.2) is 15.3 Å². The Morgan fingerprint density at radius 1 is 1.47 bits per heavy atom. The lowest BCUT2D eigenvalue weighted by Gasteiger charge is -2.20. The molecule has 3 heteroatoms. The second-order valence-electron chi connectivity index (χ2n) is 5.62. The first-order valence-corrected chi connectivity index (χ1v) is 6.26. The quantitative estimate of drug-likeness (QED) is 0.795. The zero-order valence-electron chi connectivity index (χ0n) is 11.8. The molecule has 1 aromatic heterocycles. The van der Waals surface area contributed by atoms with E-state index in [4.69, 9.17) is 0 Å². The van der Waals surface area contributed by atoms with Crippen LogP contribution in [0.25, 0.3) is 0 Å². The van der Waals surface area contributed by atoms with Gasteiger partial charge in [-0.2, -0.15) is 5.10 Å². The van der Waals surface area contributed by atoms with E-state index in [2.05, 4.69) is 51.6 Å². The smallest absolute Gasteiger partial charge is 0.0619 e. The Morgan fingerprint density at radius 2 is 2.12 bits per heavy atom. The number of hydrogen-bond acceptors (Lipinski definition) is 2. The van der Waals surface area contributed by atoms with Crippen molar-refractivity contribution in [3.63, 3.8) is 0 Å². The summed E-state index contributed by atoms with van der Waals surface area (Å²) in [4.78, 5) is 0.